The fourth-order valence-corrected chi connectivity index (χ4v) is 2.57. The second-order valence-corrected chi connectivity index (χ2v) is 5.79. The number of non-ortho nitro benzene ring substituents is 1. The molecule has 7 nitrogen and oxygen atoms in total. The van der Waals surface area contributed by atoms with Gasteiger partial charge in [0.05, 0.1) is 15.5 Å². The molecule has 0 atom stereocenters. The number of anilines is 1. The van der Waals surface area contributed by atoms with Crippen molar-refractivity contribution in [2.75, 3.05) is 5.32 Å². The molecule has 132 valence electrons. The number of benzene rings is 2. The largest absolute Gasteiger partial charge is 0.459 e. The van der Waals surface area contributed by atoms with Crippen LogP contribution in [0.3, 0.4) is 0 Å². The van der Waals surface area contributed by atoms with E-state index in [2.05, 4.69) is 5.32 Å². The van der Waals surface area contributed by atoms with Gasteiger partial charge in [0.1, 0.15) is 18.1 Å². The first-order chi connectivity index (χ1) is 12.5. The number of hydrogen-bond donors (Lipinski definition) is 2. The molecule has 0 bridgehead atoms. The number of nitro groups is 1. The molecule has 2 N–H and O–H groups in total. The predicted octanol–water partition coefficient (Wildman–Crippen LogP) is 4.25. The van der Waals surface area contributed by atoms with E-state index in [0.29, 0.717) is 22.8 Å². The monoisotopic (exact) mass is 372 g/mol. The van der Waals surface area contributed by atoms with E-state index in [9.17, 15) is 14.9 Å². The lowest BCUT2D eigenvalue weighted by Crippen LogP contribution is -2.12. The zero-order valence-electron chi connectivity index (χ0n) is 13.3. The van der Waals surface area contributed by atoms with Crippen LogP contribution in [-0.4, -0.2) is 15.9 Å². The van der Waals surface area contributed by atoms with Crippen LogP contribution < -0.4 is 5.32 Å². The van der Waals surface area contributed by atoms with E-state index in [1.807, 2.05) is 0 Å². The number of furan rings is 1. The van der Waals surface area contributed by atoms with Gasteiger partial charge in [-0.25, -0.2) is 0 Å². The topological polar surface area (TPSA) is 106 Å². The predicted molar refractivity (Wildman–Crippen MR) is 96.1 cm³/mol. The van der Waals surface area contributed by atoms with E-state index < -0.39 is 10.8 Å². The summed E-state index contributed by atoms with van der Waals surface area (Å²) in [6, 6.07) is 13.9. The lowest BCUT2D eigenvalue weighted by Gasteiger charge is -2.08. The molecule has 26 heavy (non-hydrogen) atoms. The minimum Gasteiger partial charge on any atom is -0.459 e. The van der Waals surface area contributed by atoms with Crippen molar-refractivity contribution in [3.05, 3.63) is 81.1 Å². The summed E-state index contributed by atoms with van der Waals surface area (Å²) in [5, 5.41) is 22.7. The van der Waals surface area contributed by atoms with E-state index in [1.165, 1.54) is 12.1 Å². The van der Waals surface area contributed by atoms with Gasteiger partial charge in [-0.05, 0) is 30.3 Å². The number of hydrogen-bond acceptors (Lipinski definition) is 5. The average molecular weight is 373 g/mol. The van der Waals surface area contributed by atoms with Crippen LogP contribution in [0.25, 0.3) is 11.3 Å². The maximum Gasteiger partial charge on any atom is 0.270 e. The molecule has 3 rings (SSSR count). The molecule has 0 aliphatic rings. The molecule has 1 amide bonds. The van der Waals surface area contributed by atoms with Gasteiger partial charge in [-0.3, -0.25) is 14.9 Å². The Bertz CT molecular complexity index is 983. The zero-order chi connectivity index (χ0) is 18.7. The van der Waals surface area contributed by atoms with Gasteiger partial charge < -0.3 is 14.8 Å². The minimum atomic E-state index is -0.594. The zero-order valence-corrected chi connectivity index (χ0v) is 14.1. The van der Waals surface area contributed by atoms with Crippen molar-refractivity contribution in [2.45, 2.75) is 6.61 Å². The van der Waals surface area contributed by atoms with Gasteiger partial charge in [0.15, 0.2) is 0 Å². The third-order valence-electron chi connectivity index (χ3n) is 3.63. The van der Waals surface area contributed by atoms with Gasteiger partial charge in [0.25, 0.3) is 11.6 Å². The van der Waals surface area contributed by atoms with E-state index in [4.69, 9.17) is 21.1 Å². The number of nitro benzene ring substituents is 1. The maximum atomic E-state index is 12.4. The highest BCUT2D eigenvalue weighted by Gasteiger charge is 2.16. The summed E-state index contributed by atoms with van der Waals surface area (Å²) in [6.07, 6.45) is 0. The van der Waals surface area contributed by atoms with Crippen LogP contribution in [0.2, 0.25) is 5.02 Å². The van der Waals surface area contributed by atoms with Crippen molar-refractivity contribution < 1.29 is 19.2 Å². The summed E-state index contributed by atoms with van der Waals surface area (Å²) in [7, 11) is 0. The molecule has 3 aromatic rings. The number of halogens is 1. The first kappa shape index (κ1) is 17.7. The minimum absolute atomic E-state index is 0.00633. The molecule has 0 fully saturated rings. The van der Waals surface area contributed by atoms with Gasteiger partial charge >= 0.3 is 0 Å². The highest BCUT2D eigenvalue weighted by molar-refractivity contribution is 6.34. The second-order valence-electron chi connectivity index (χ2n) is 5.38. The van der Waals surface area contributed by atoms with E-state index in [0.717, 1.165) is 6.07 Å². The SMILES string of the molecule is O=C(Nc1cccc(-c2ccc(CO)o2)c1)c1cc([N+](=O)[O-])ccc1Cl. The van der Waals surface area contributed by atoms with Gasteiger partial charge in [-0.15, -0.1) is 0 Å². The van der Waals surface area contributed by atoms with Gasteiger partial charge in [0, 0.05) is 23.4 Å². The number of carbonyl (C=O) groups excluding carboxylic acids is 1. The fraction of sp³-hybridized carbons (Fsp3) is 0.0556. The number of nitrogens with zero attached hydrogens (tertiary/aromatic N) is 1. The lowest BCUT2D eigenvalue weighted by atomic mass is 10.1. The Hall–Kier alpha value is -3.16. The maximum absolute atomic E-state index is 12.4. The van der Waals surface area contributed by atoms with E-state index in [1.54, 1.807) is 36.4 Å². The number of carbonyl (C=O) groups is 1. The third-order valence-corrected chi connectivity index (χ3v) is 3.96. The first-order valence-corrected chi connectivity index (χ1v) is 7.91. The van der Waals surface area contributed by atoms with E-state index >= 15 is 0 Å². The van der Waals surface area contributed by atoms with Crippen molar-refractivity contribution in [3.8, 4) is 11.3 Å². The van der Waals surface area contributed by atoms with Crippen LogP contribution in [0.1, 0.15) is 16.1 Å². The van der Waals surface area contributed by atoms with Crippen molar-refractivity contribution in [2.24, 2.45) is 0 Å². The summed E-state index contributed by atoms with van der Waals surface area (Å²) >= 11 is 5.99. The number of nitrogens with one attached hydrogen (secondary N) is 1. The fourth-order valence-electron chi connectivity index (χ4n) is 2.37. The summed E-state index contributed by atoms with van der Waals surface area (Å²) in [5.41, 5.74) is 0.955. The number of aliphatic hydroxyl groups is 1. The first-order valence-electron chi connectivity index (χ1n) is 7.53. The second kappa shape index (κ2) is 7.38. The van der Waals surface area contributed by atoms with Crippen LogP contribution >= 0.6 is 11.6 Å². The summed E-state index contributed by atoms with van der Waals surface area (Å²) in [4.78, 5) is 22.7. The summed E-state index contributed by atoms with van der Waals surface area (Å²) < 4.78 is 5.47. The molecule has 0 spiro atoms. The van der Waals surface area contributed by atoms with Gasteiger partial charge in [-0.1, -0.05) is 23.7 Å². The number of amides is 1. The summed E-state index contributed by atoms with van der Waals surface area (Å²) in [5.74, 6) is 0.405. The van der Waals surface area contributed by atoms with Crippen molar-refractivity contribution in [1.29, 1.82) is 0 Å². The molecule has 1 aromatic heterocycles. The smallest absolute Gasteiger partial charge is 0.270 e. The molecule has 0 aliphatic heterocycles. The van der Waals surface area contributed by atoms with Crippen LogP contribution in [-0.2, 0) is 6.61 Å². The molecule has 0 radical (unpaired) electrons. The molecule has 8 heteroatoms. The quantitative estimate of drug-likeness (QED) is 0.514. The molecular weight excluding hydrogens is 360 g/mol. The third kappa shape index (κ3) is 3.74. The molecule has 1 heterocycles. The van der Waals surface area contributed by atoms with Crippen molar-refractivity contribution >= 4 is 28.9 Å². The van der Waals surface area contributed by atoms with Gasteiger partial charge in [0.2, 0.25) is 0 Å². The highest BCUT2D eigenvalue weighted by atomic mass is 35.5. The Morgan fingerprint density at radius 2 is 2.00 bits per heavy atom. The molecule has 0 saturated carbocycles. The van der Waals surface area contributed by atoms with Crippen LogP contribution in [0, 0.1) is 10.1 Å². The Morgan fingerprint density at radius 3 is 2.69 bits per heavy atom. The summed E-state index contributed by atoms with van der Waals surface area (Å²) in [6.45, 7) is -0.207. The molecule has 0 aliphatic carbocycles. The average Bonchev–Trinajstić information content (AvgIpc) is 3.11. The van der Waals surface area contributed by atoms with E-state index in [-0.39, 0.29) is 22.9 Å². The Morgan fingerprint density at radius 1 is 1.19 bits per heavy atom. The molecular formula is C18H13ClN2O5. The lowest BCUT2D eigenvalue weighted by molar-refractivity contribution is -0.384. The Labute approximate surface area is 153 Å². The van der Waals surface area contributed by atoms with Gasteiger partial charge in [-0.2, -0.15) is 0 Å². The van der Waals surface area contributed by atoms with Crippen molar-refractivity contribution in [3.63, 3.8) is 0 Å². The van der Waals surface area contributed by atoms with Crippen LogP contribution in [0.15, 0.2) is 59.0 Å². The standard InChI is InChI=1S/C18H13ClN2O5/c19-16-6-4-13(21(24)25)9-15(16)18(23)20-12-3-1-2-11(8-12)17-7-5-14(10-22)26-17/h1-9,22H,10H2,(H,20,23). The number of rotatable bonds is 5. The normalized spacial score (nSPS) is 10.5. The van der Waals surface area contributed by atoms with Crippen LogP contribution in [0.4, 0.5) is 11.4 Å². The highest BCUT2D eigenvalue weighted by Crippen LogP contribution is 2.26. The Balaban J connectivity index is 1.85. The van der Waals surface area contributed by atoms with Crippen LogP contribution in [0.5, 0.6) is 0 Å². The molecule has 2 aromatic carbocycles. The Kier molecular flexibility index (Phi) is 5.01. The molecule has 0 saturated heterocycles. The molecule has 0 unspecified atom stereocenters. The number of aliphatic hydroxyl groups excluding tert-OH is 1. The van der Waals surface area contributed by atoms with Crippen molar-refractivity contribution in [1.82, 2.24) is 0 Å².